The molecule has 0 aromatic rings. The fourth-order valence-corrected chi connectivity index (χ4v) is 2.93. The minimum atomic E-state index is -1.78. The van der Waals surface area contributed by atoms with Gasteiger partial charge in [0.05, 0.1) is 0 Å². The normalized spacial score (nSPS) is 11.2. The fraction of sp³-hybridized carbons (Fsp3) is 0.625. The van der Waals surface area contributed by atoms with Gasteiger partial charge in [0, 0.05) is 31.3 Å². The summed E-state index contributed by atoms with van der Waals surface area (Å²) in [6.45, 7) is 11.6. The number of aliphatic hydroxyl groups excluding tert-OH is 1. The lowest BCUT2D eigenvalue weighted by Gasteiger charge is -2.31. The Bertz CT molecular complexity index is 433. The van der Waals surface area contributed by atoms with Crippen molar-refractivity contribution < 1.29 is 33.0 Å². The van der Waals surface area contributed by atoms with Crippen molar-refractivity contribution in [3.8, 4) is 0 Å². The predicted octanol–water partition coefficient (Wildman–Crippen LogP) is 1.86. The Morgan fingerprint density at radius 1 is 1.12 bits per heavy atom. The lowest BCUT2D eigenvalue weighted by molar-refractivity contribution is -0.238. The SMILES string of the molecule is C=C(C)C(=O)OC(CO)(CCC[Si](OC)OCC)OC(=O)C(=C)C. The highest BCUT2D eigenvalue weighted by molar-refractivity contribution is 6.44. The van der Waals surface area contributed by atoms with Gasteiger partial charge >= 0.3 is 21.2 Å². The maximum absolute atomic E-state index is 11.8. The second kappa shape index (κ2) is 11.1. The fourth-order valence-electron chi connectivity index (χ4n) is 1.67. The third-order valence-electron chi connectivity index (χ3n) is 2.97. The molecule has 0 bridgehead atoms. The second-order valence-corrected chi connectivity index (χ2v) is 7.21. The van der Waals surface area contributed by atoms with E-state index in [-0.39, 0.29) is 17.6 Å². The predicted molar refractivity (Wildman–Crippen MR) is 90.1 cm³/mol. The van der Waals surface area contributed by atoms with Crippen LogP contribution in [0.25, 0.3) is 0 Å². The van der Waals surface area contributed by atoms with Crippen LogP contribution in [-0.2, 0) is 27.9 Å². The Morgan fingerprint density at radius 2 is 1.62 bits per heavy atom. The van der Waals surface area contributed by atoms with Gasteiger partial charge in [-0.15, -0.1) is 0 Å². The molecule has 8 heteroatoms. The molecule has 0 aliphatic heterocycles. The standard InChI is InChI=1S/C16H27O7Si/c1-7-21-24(20-6)10-8-9-16(11-17,22-14(18)12(2)3)23-15(19)13(4)5/h17H,2,4,7-11H2,1,3,5-6H3. The molecule has 0 saturated carbocycles. The maximum Gasteiger partial charge on any atom is 0.384 e. The van der Waals surface area contributed by atoms with E-state index in [9.17, 15) is 14.7 Å². The topological polar surface area (TPSA) is 91.3 Å². The third-order valence-corrected chi connectivity index (χ3v) is 4.79. The van der Waals surface area contributed by atoms with E-state index in [0.29, 0.717) is 19.1 Å². The molecule has 1 radical (unpaired) electrons. The first-order valence-corrected chi connectivity index (χ1v) is 9.14. The van der Waals surface area contributed by atoms with Crippen molar-refractivity contribution in [3.63, 3.8) is 0 Å². The van der Waals surface area contributed by atoms with Gasteiger partial charge in [0.25, 0.3) is 5.79 Å². The van der Waals surface area contributed by atoms with E-state index in [1.54, 1.807) is 7.11 Å². The largest absolute Gasteiger partial charge is 0.417 e. The van der Waals surface area contributed by atoms with Crippen molar-refractivity contribution in [3.05, 3.63) is 24.3 Å². The molecule has 24 heavy (non-hydrogen) atoms. The van der Waals surface area contributed by atoms with Crippen LogP contribution in [0, 0.1) is 0 Å². The number of carbonyl (C=O) groups excluding carboxylic acids is 2. The molecule has 0 aromatic heterocycles. The van der Waals surface area contributed by atoms with Crippen LogP contribution in [0.1, 0.15) is 33.6 Å². The molecule has 1 N–H and O–H groups in total. The number of ether oxygens (including phenoxy) is 2. The summed E-state index contributed by atoms with van der Waals surface area (Å²) in [4.78, 5) is 23.7. The summed E-state index contributed by atoms with van der Waals surface area (Å²) in [7, 11) is 0.110. The number of carbonyl (C=O) groups is 2. The second-order valence-electron chi connectivity index (χ2n) is 5.27. The van der Waals surface area contributed by atoms with Crippen LogP contribution in [0.3, 0.4) is 0 Å². The van der Waals surface area contributed by atoms with E-state index in [4.69, 9.17) is 18.3 Å². The van der Waals surface area contributed by atoms with Crippen molar-refractivity contribution in [2.75, 3.05) is 20.3 Å². The van der Waals surface area contributed by atoms with Gasteiger partial charge in [0.15, 0.2) is 0 Å². The van der Waals surface area contributed by atoms with E-state index in [1.807, 2.05) is 6.92 Å². The van der Waals surface area contributed by atoms with Crippen LogP contribution >= 0.6 is 0 Å². The molecule has 137 valence electrons. The Kier molecular flexibility index (Phi) is 10.4. The molecule has 0 heterocycles. The summed E-state index contributed by atoms with van der Waals surface area (Å²) >= 11 is 0. The number of hydrogen-bond donors (Lipinski definition) is 1. The van der Waals surface area contributed by atoms with E-state index in [0.717, 1.165) is 0 Å². The van der Waals surface area contributed by atoms with Crippen molar-refractivity contribution in [2.24, 2.45) is 0 Å². The van der Waals surface area contributed by atoms with Crippen molar-refractivity contribution in [1.82, 2.24) is 0 Å². The molecular weight excluding hydrogens is 332 g/mol. The summed E-state index contributed by atoms with van der Waals surface area (Å²) in [6.07, 6.45) is 0.571. The first-order chi connectivity index (χ1) is 11.2. The lowest BCUT2D eigenvalue weighted by Crippen LogP contribution is -2.44. The Morgan fingerprint density at radius 3 is 1.96 bits per heavy atom. The highest BCUT2D eigenvalue weighted by atomic mass is 28.3. The molecule has 0 amide bonds. The molecule has 0 rings (SSSR count). The molecule has 0 aliphatic carbocycles. The smallest absolute Gasteiger partial charge is 0.384 e. The lowest BCUT2D eigenvalue weighted by atomic mass is 10.1. The molecule has 0 saturated heterocycles. The van der Waals surface area contributed by atoms with Gasteiger partial charge in [0.2, 0.25) is 0 Å². The van der Waals surface area contributed by atoms with Crippen LogP contribution in [0.4, 0.5) is 0 Å². The van der Waals surface area contributed by atoms with Crippen molar-refractivity contribution >= 4 is 21.2 Å². The summed E-state index contributed by atoms with van der Waals surface area (Å²) in [5.74, 6) is -3.28. The number of esters is 2. The highest BCUT2D eigenvalue weighted by Crippen LogP contribution is 2.24. The summed E-state index contributed by atoms with van der Waals surface area (Å²) in [5, 5.41) is 9.70. The first kappa shape index (κ1) is 22.5. The Labute approximate surface area is 145 Å². The van der Waals surface area contributed by atoms with E-state index in [1.165, 1.54) is 13.8 Å². The summed E-state index contributed by atoms with van der Waals surface area (Å²) in [6, 6.07) is 0.575. The molecule has 0 aromatic carbocycles. The van der Waals surface area contributed by atoms with Gasteiger partial charge in [-0.2, -0.15) is 0 Å². The van der Waals surface area contributed by atoms with Gasteiger partial charge in [0.1, 0.15) is 6.61 Å². The maximum atomic E-state index is 11.8. The zero-order valence-corrected chi connectivity index (χ0v) is 15.8. The Balaban J connectivity index is 5.06. The molecule has 0 aliphatic rings. The van der Waals surface area contributed by atoms with Gasteiger partial charge in [-0.1, -0.05) is 13.2 Å². The van der Waals surface area contributed by atoms with E-state index >= 15 is 0 Å². The van der Waals surface area contributed by atoms with E-state index in [2.05, 4.69) is 13.2 Å². The zero-order valence-electron chi connectivity index (χ0n) is 14.8. The zero-order chi connectivity index (χ0) is 18.8. The van der Waals surface area contributed by atoms with Gasteiger partial charge < -0.3 is 23.4 Å². The van der Waals surface area contributed by atoms with Crippen LogP contribution in [0.2, 0.25) is 6.04 Å². The average Bonchev–Trinajstić information content (AvgIpc) is 2.53. The molecule has 0 spiro atoms. The van der Waals surface area contributed by atoms with Crippen molar-refractivity contribution in [1.29, 1.82) is 0 Å². The number of hydrogen-bond acceptors (Lipinski definition) is 7. The third kappa shape index (κ3) is 7.87. The quantitative estimate of drug-likeness (QED) is 0.246. The molecular formula is C16H27O7Si. The van der Waals surface area contributed by atoms with Gasteiger partial charge in [-0.05, 0) is 33.2 Å². The van der Waals surface area contributed by atoms with Gasteiger partial charge in [-0.25, -0.2) is 9.59 Å². The number of aliphatic hydroxyl groups is 1. The molecule has 0 atom stereocenters. The number of rotatable bonds is 12. The summed E-state index contributed by atoms with van der Waals surface area (Å²) < 4.78 is 21.1. The summed E-state index contributed by atoms with van der Waals surface area (Å²) in [5.41, 5.74) is 0.269. The Hall–Kier alpha value is -1.48. The van der Waals surface area contributed by atoms with E-state index < -0.39 is 33.6 Å². The van der Waals surface area contributed by atoms with Crippen LogP contribution in [0.5, 0.6) is 0 Å². The minimum absolute atomic E-state index is 0.103. The van der Waals surface area contributed by atoms with Crippen LogP contribution in [-0.4, -0.2) is 52.4 Å². The monoisotopic (exact) mass is 359 g/mol. The van der Waals surface area contributed by atoms with Crippen LogP contribution in [0.15, 0.2) is 24.3 Å². The molecule has 7 nitrogen and oxygen atoms in total. The molecule has 0 unspecified atom stereocenters. The first-order valence-electron chi connectivity index (χ1n) is 7.62. The molecule has 0 fully saturated rings. The van der Waals surface area contributed by atoms with Gasteiger partial charge in [-0.3, -0.25) is 0 Å². The minimum Gasteiger partial charge on any atom is -0.417 e. The average molecular weight is 359 g/mol. The van der Waals surface area contributed by atoms with Crippen molar-refractivity contribution in [2.45, 2.75) is 45.4 Å². The van der Waals surface area contributed by atoms with Crippen LogP contribution < -0.4 is 0 Å². The highest BCUT2D eigenvalue weighted by Gasteiger charge is 2.38.